The Morgan fingerprint density at radius 2 is 1.97 bits per heavy atom. The van der Waals surface area contributed by atoms with Crippen molar-refractivity contribution in [2.75, 3.05) is 25.0 Å². The molecule has 0 bridgehead atoms. The number of halogens is 1. The van der Waals surface area contributed by atoms with Crippen molar-refractivity contribution in [2.45, 2.75) is 50.7 Å². The van der Waals surface area contributed by atoms with Crippen molar-refractivity contribution in [3.63, 3.8) is 0 Å². The second-order valence-electron chi connectivity index (χ2n) is 9.61. The Morgan fingerprint density at radius 3 is 2.74 bits per heavy atom. The van der Waals surface area contributed by atoms with Crippen molar-refractivity contribution >= 4 is 22.5 Å². The summed E-state index contributed by atoms with van der Waals surface area (Å²) in [6, 6.07) is 10.3. The molecule has 3 aromatic rings. The van der Waals surface area contributed by atoms with E-state index in [0.29, 0.717) is 18.3 Å². The maximum atomic E-state index is 14.8. The summed E-state index contributed by atoms with van der Waals surface area (Å²) in [5.74, 6) is -0.982. The molecule has 7 nitrogen and oxygen atoms in total. The highest BCUT2D eigenvalue weighted by Crippen LogP contribution is 2.38. The maximum absolute atomic E-state index is 14.8. The second-order valence-corrected chi connectivity index (χ2v) is 9.61. The van der Waals surface area contributed by atoms with Gasteiger partial charge in [0.1, 0.15) is 5.69 Å². The van der Waals surface area contributed by atoms with Gasteiger partial charge in [-0.3, -0.25) is 14.5 Å². The molecule has 176 valence electrons. The second kappa shape index (κ2) is 8.20. The number of aromatic amines is 1. The molecule has 2 N–H and O–H groups in total. The minimum atomic E-state index is -0.591. The predicted molar refractivity (Wildman–Crippen MR) is 129 cm³/mol. The molecule has 1 saturated heterocycles. The highest BCUT2D eigenvalue weighted by atomic mass is 19.1. The lowest BCUT2D eigenvalue weighted by molar-refractivity contribution is 0.0654. The van der Waals surface area contributed by atoms with Gasteiger partial charge in [-0.05, 0) is 61.4 Å². The Balaban J connectivity index is 1.21. The fourth-order valence-corrected chi connectivity index (χ4v) is 5.99. The first-order valence-electron chi connectivity index (χ1n) is 12.1. The van der Waals surface area contributed by atoms with Crippen molar-refractivity contribution < 1.29 is 9.18 Å². The standard InChI is InChI=1S/C26H28FN5O2/c1-28-26(34)19-7-8-23(24(27)29-19)32-12-11-31(21-9-10-22(21)32)14-15-5-6-17-16-3-2-4-18(16)25(33)30-20(17)13-15/h5-8,13,21-22H,2-4,9-12,14H2,1H3,(H,28,34)(H,30,33). The smallest absolute Gasteiger partial charge is 0.269 e. The molecule has 2 fully saturated rings. The van der Waals surface area contributed by atoms with Crippen molar-refractivity contribution in [1.29, 1.82) is 0 Å². The topological polar surface area (TPSA) is 81.3 Å². The van der Waals surface area contributed by atoms with E-state index in [4.69, 9.17) is 0 Å². The van der Waals surface area contributed by atoms with Gasteiger partial charge in [-0.25, -0.2) is 4.98 Å². The lowest BCUT2D eigenvalue weighted by atomic mass is 9.81. The van der Waals surface area contributed by atoms with Crippen LogP contribution in [0.4, 0.5) is 10.1 Å². The molecular formula is C26H28FN5O2. The van der Waals surface area contributed by atoms with Crippen LogP contribution >= 0.6 is 0 Å². The first kappa shape index (κ1) is 21.3. The zero-order chi connectivity index (χ0) is 23.4. The Kier molecular flexibility index (Phi) is 5.13. The number of amides is 1. The van der Waals surface area contributed by atoms with E-state index >= 15 is 0 Å². The fraction of sp³-hybridized carbons (Fsp3) is 0.423. The first-order valence-corrected chi connectivity index (χ1v) is 12.1. The van der Waals surface area contributed by atoms with Crippen molar-refractivity contribution in [1.82, 2.24) is 20.2 Å². The quantitative estimate of drug-likeness (QED) is 0.584. The number of carbonyl (C=O) groups is 1. The third-order valence-corrected chi connectivity index (χ3v) is 7.83. The number of rotatable bonds is 4. The molecule has 8 heteroatoms. The molecule has 1 saturated carbocycles. The normalized spacial score (nSPS) is 21.8. The summed E-state index contributed by atoms with van der Waals surface area (Å²) < 4.78 is 14.8. The summed E-state index contributed by atoms with van der Waals surface area (Å²) in [5, 5.41) is 3.65. The van der Waals surface area contributed by atoms with Gasteiger partial charge in [-0.2, -0.15) is 4.39 Å². The largest absolute Gasteiger partial charge is 0.362 e. The van der Waals surface area contributed by atoms with Crippen molar-refractivity contribution in [3.8, 4) is 0 Å². The maximum Gasteiger partial charge on any atom is 0.269 e. The van der Waals surface area contributed by atoms with E-state index in [1.165, 1.54) is 23.6 Å². The zero-order valence-electron chi connectivity index (χ0n) is 19.2. The van der Waals surface area contributed by atoms with Gasteiger partial charge in [0.2, 0.25) is 5.95 Å². The minimum Gasteiger partial charge on any atom is -0.362 e. The molecule has 1 amide bonds. The zero-order valence-corrected chi connectivity index (χ0v) is 19.2. The summed E-state index contributed by atoms with van der Waals surface area (Å²) in [4.78, 5) is 35.8. The molecule has 2 aliphatic carbocycles. The molecule has 2 atom stereocenters. The lowest BCUT2D eigenvalue weighted by Crippen LogP contribution is -2.64. The van der Waals surface area contributed by atoms with E-state index in [1.807, 2.05) is 0 Å². The summed E-state index contributed by atoms with van der Waals surface area (Å²) in [5.41, 5.74) is 4.91. The number of aromatic nitrogens is 2. The number of fused-ring (bicyclic) bond motifs is 4. The van der Waals surface area contributed by atoms with E-state index in [-0.39, 0.29) is 17.3 Å². The van der Waals surface area contributed by atoms with Crippen LogP contribution in [0.1, 0.15) is 46.4 Å². The number of nitrogens with zero attached hydrogens (tertiary/aromatic N) is 3. The summed E-state index contributed by atoms with van der Waals surface area (Å²) >= 11 is 0. The number of aryl methyl sites for hydroxylation is 1. The van der Waals surface area contributed by atoms with E-state index < -0.39 is 11.9 Å². The third kappa shape index (κ3) is 3.39. The molecule has 2 aromatic heterocycles. The number of H-pyrrole nitrogens is 1. The predicted octanol–water partition coefficient (Wildman–Crippen LogP) is 2.76. The summed E-state index contributed by atoms with van der Waals surface area (Å²) in [6.45, 7) is 2.33. The van der Waals surface area contributed by atoms with Gasteiger partial charge in [0.15, 0.2) is 0 Å². The molecule has 34 heavy (non-hydrogen) atoms. The van der Waals surface area contributed by atoms with E-state index in [2.05, 4.69) is 43.3 Å². The summed E-state index contributed by atoms with van der Waals surface area (Å²) in [6.07, 6.45) is 4.99. The fourth-order valence-electron chi connectivity index (χ4n) is 5.99. The number of benzene rings is 1. The average Bonchev–Trinajstić information content (AvgIpc) is 3.30. The molecule has 3 heterocycles. The van der Waals surface area contributed by atoms with Crippen LogP contribution in [0.25, 0.3) is 10.9 Å². The number of carbonyl (C=O) groups excluding carboxylic acids is 1. The number of nitrogens with one attached hydrogen (secondary N) is 2. The molecule has 0 radical (unpaired) electrons. The molecule has 1 aliphatic heterocycles. The van der Waals surface area contributed by atoms with Crippen LogP contribution < -0.4 is 15.8 Å². The van der Waals surface area contributed by atoms with Gasteiger partial charge in [0, 0.05) is 55.2 Å². The van der Waals surface area contributed by atoms with E-state index in [1.54, 1.807) is 12.1 Å². The van der Waals surface area contributed by atoms with Crippen LogP contribution in [0.15, 0.2) is 35.1 Å². The lowest BCUT2D eigenvalue weighted by Gasteiger charge is -2.54. The first-order chi connectivity index (χ1) is 16.5. The van der Waals surface area contributed by atoms with Crippen molar-refractivity contribution in [3.05, 3.63) is 69.0 Å². The van der Waals surface area contributed by atoms with Gasteiger partial charge in [0.25, 0.3) is 11.5 Å². The molecule has 3 aliphatic rings. The van der Waals surface area contributed by atoms with Crippen LogP contribution in [-0.4, -0.2) is 53.0 Å². The average molecular weight is 462 g/mol. The Hall–Kier alpha value is -3.26. The van der Waals surface area contributed by atoms with Crippen LogP contribution in [0.5, 0.6) is 0 Å². The Labute approximate surface area is 197 Å². The SMILES string of the molecule is CNC(=O)c1ccc(N2CCN(Cc3ccc4c5c(c(=O)[nH]c4c3)CCC5)C3CCC32)c(F)n1. The van der Waals surface area contributed by atoms with Gasteiger partial charge in [0.05, 0.1) is 5.69 Å². The van der Waals surface area contributed by atoms with Crippen LogP contribution in [-0.2, 0) is 19.4 Å². The molecule has 2 unspecified atom stereocenters. The highest BCUT2D eigenvalue weighted by molar-refractivity contribution is 5.92. The van der Waals surface area contributed by atoms with E-state index in [0.717, 1.165) is 56.3 Å². The minimum absolute atomic E-state index is 0.0582. The third-order valence-electron chi connectivity index (χ3n) is 7.83. The van der Waals surface area contributed by atoms with Gasteiger partial charge in [-0.15, -0.1) is 0 Å². The van der Waals surface area contributed by atoms with Gasteiger partial charge >= 0.3 is 0 Å². The van der Waals surface area contributed by atoms with E-state index in [9.17, 15) is 14.0 Å². The Bertz CT molecular complexity index is 1350. The molecular weight excluding hydrogens is 433 g/mol. The number of piperazine rings is 1. The van der Waals surface area contributed by atoms with Gasteiger partial charge in [-0.1, -0.05) is 12.1 Å². The van der Waals surface area contributed by atoms with Gasteiger partial charge < -0.3 is 15.2 Å². The number of hydrogen-bond donors (Lipinski definition) is 2. The molecule has 0 spiro atoms. The van der Waals surface area contributed by atoms with Crippen LogP contribution in [0, 0.1) is 5.95 Å². The molecule has 1 aromatic carbocycles. The van der Waals surface area contributed by atoms with Crippen LogP contribution in [0.3, 0.4) is 0 Å². The highest BCUT2D eigenvalue weighted by Gasteiger charge is 2.43. The number of pyridine rings is 2. The Morgan fingerprint density at radius 1 is 1.15 bits per heavy atom. The van der Waals surface area contributed by atoms with Crippen molar-refractivity contribution in [2.24, 2.45) is 0 Å². The molecule has 6 rings (SSSR count). The number of hydrogen-bond acceptors (Lipinski definition) is 5. The number of anilines is 1. The van der Waals surface area contributed by atoms with Crippen LogP contribution in [0.2, 0.25) is 0 Å². The monoisotopic (exact) mass is 461 g/mol. The summed E-state index contributed by atoms with van der Waals surface area (Å²) in [7, 11) is 1.51.